The third kappa shape index (κ3) is 0.855. The van der Waals surface area contributed by atoms with Crippen LogP contribution in [-0.4, -0.2) is 9.97 Å². The minimum absolute atomic E-state index is 1.17. The molecule has 0 unspecified atom stereocenters. The number of hydrogen-bond donors (Lipinski definition) is 1. The maximum absolute atomic E-state index is 4.12. The van der Waals surface area contributed by atoms with Gasteiger partial charge in [-0.2, -0.15) is 0 Å². The van der Waals surface area contributed by atoms with Gasteiger partial charge in [-0.1, -0.05) is 12.1 Å². The third-order valence-corrected chi connectivity index (χ3v) is 2.35. The molecule has 3 rings (SSSR count). The molecule has 0 aliphatic rings. The van der Waals surface area contributed by atoms with Gasteiger partial charge in [0.15, 0.2) is 0 Å². The second kappa shape index (κ2) is 2.33. The van der Waals surface area contributed by atoms with Gasteiger partial charge in [-0.15, -0.1) is 0 Å². The van der Waals surface area contributed by atoms with Gasteiger partial charge in [0, 0.05) is 29.4 Å². The molecule has 62 valence electrons. The number of rotatable bonds is 0. The molecule has 0 saturated carbocycles. The first kappa shape index (κ1) is 6.66. The van der Waals surface area contributed by atoms with Crippen molar-refractivity contribution in [2.75, 3.05) is 0 Å². The Morgan fingerprint density at radius 1 is 1.00 bits per heavy atom. The van der Waals surface area contributed by atoms with Crippen LogP contribution in [0, 0.1) is 0 Å². The van der Waals surface area contributed by atoms with Gasteiger partial charge in [-0.05, 0) is 17.5 Å². The van der Waals surface area contributed by atoms with E-state index in [1.807, 2.05) is 24.7 Å². The average molecular weight is 168 g/mol. The van der Waals surface area contributed by atoms with Crippen molar-refractivity contribution >= 4 is 21.7 Å². The van der Waals surface area contributed by atoms with Crippen LogP contribution < -0.4 is 0 Å². The van der Waals surface area contributed by atoms with Crippen LogP contribution in [0.1, 0.15) is 0 Å². The Bertz CT molecular complexity index is 566. The standard InChI is InChI=1S/C11H8N2/c1-2-9-4-6-13-11(9)10-7-12-5-3-8(1)10/h1-7,13H. The van der Waals surface area contributed by atoms with E-state index >= 15 is 0 Å². The zero-order chi connectivity index (χ0) is 8.67. The Hall–Kier alpha value is -1.83. The van der Waals surface area contributed by atoms with Gasteiger partial charge in [0.25, 0.3) is 0 Å². The van der Waals surface area contributed by atoms with Crippen LogP contribution in [0.15, 0.2) is 42.9 Å². The third-order valence-electron chi connectivity index (χ3n) is 2.35. The molecule has 0 fully saturated rings. The lowest BCUT2D eigenvalue weighted by atomic mass is 10.1. The van der Waals surface area contributed by atoms with Crippen LogP contribution in [0.2, 0.25) is 0 Å². The van der Waals surface area contributed by atoms with Crippen LogP contribution in [0.5, 0.6) is 0 Å². The number of pyridine rings is 1. The Kier molecular flexibility index (Phi) is 1.19. The zero-order valence-electron chi connectivity index (χ0n) is 6.99. The topological polar surface area (TPSA) is 28.7 Å². The minimum atomic E-state index is 1.17. The molecule has 0 aliphatic carbocycles. The lowest BCUT2D eigenvalue weighted by molar-refractivity contribution is 1.36. The van der Waals surface area contributed by atoms with E-state index < -0.39 is 0 Å². The number of nitrogens with zero attached hydrogens (tertiary/aromatic N) is 1. The summed E-state index contributed by atoms with van der Waals surface area (Å²) >= 11 is 0. The lowest BCUT2D eigenvalue weighted by Gasteiger charge is -1.97. The largest absolute Gasteiger partial charge is 0.361 e. The van der Waals surface area contributed by atoms with Crippen LogP contribution in [0.25, 0.3) is 21.7 Å². The Morgan fingerprint density at radius 2 is 1.92 bits per heavy atom. The molecule has 0 amide bonds. The summed E-state index contributed by atoms with van der Waals surface area (Å²) in [6.45, 7) is 0. The lowest BCUT2D eigenvalue weighted by Crippen LogP contribution is -1.76. The highest BCUT2D eigenvalue weighted by atomic mass is 14.7. The Morgan fingerprint density at radius 3 is 2.92 bits per heavy atom. The molecule has 0 aliphatic heterocycles. The maximum Gasteiger partial charge on any atom is 0.0549 e. The fourth-order valence-corrected chi connectivity index (χ4v) is 1.69. The van der Waals surface area contributed by atoms with Gasteiger partial charge in [-0.25, -0.2) is 0 Å². The molecule has 13 heavy (non-hydrogen) atoms. The van der Waals surface area contributed by atoms with Crippen molar-refractivity contribution in [2.24, 2.45) is 0 Å². The fraction of sp³-hybridized carbons (Fsp3) is 0. The monoisotopic (exact) mass is 168 g/mol. The van der Waals surface area contributed by atoms with E-state index in [1.54, 1.807) is 0 Å². The van der Waals surface area contributed by atoms with E-state index in [0.29, 0.717) is 0 Å². The molecule has 0 radical (unpaired) electrons. The zero-order valence-corrected chi connectivity index (χ0v) is 6.99. The molecule has 2 heterocycles. The number of aromatic amines is 1. The molecule has 2 heteroatoms. The van der Waals surface area contributed by atoms with E-state index in [0.717, 1.165) is 0 Å². The smallest absolute Gasteiger partial charge is 0.0549 e. The first-order valence-corrected chi connectivity index (χ1v) is 4.25. The molecular formula is C11H8N2. The van der Waals surface area contributed by atoms with Crippen molar-refractivity contribution < 1.29 is 0 Å². The summed E-state index contributed by atoms with van der Waals surface area (Å²) in [7, 11) is 0. The fourth-order valence-electron chi connectivity index (χ4n) is 1.69. The summed E-state index contributed by atoms with van der Waals surface area (Å²) < 4.78 is 0. The Labute approximate surface area is 75.2 Å². The van der Waals surface area contributed by atoms with Crippen LogP contribution in [-0.2, 0) is 0 Å². The number of fused-ring (bicyclic) bond motifs is 3. The second-order valence-corrected chi connectivity index (χ2v) is 3.10. The summed E-state index contributed by atoms with van der Waals surface area (Å²) in [5, 5.41) is 3.65. The van der Waals surface area contributed by atoms with Crippen molar-refractivity contribution in [3.63, 3.8) is 0 Å². The molecule has 3 aromatic rings. The molecule has 0 spiro atoms. The summed E-state index contributed by atoms with van der Waals surface area (Å²) in [6.07, 6.45) is 5.67. The van der Waals surface area contributed by atoms with Gasteiger partial charge in [-0.3, -0.25) is 4.98 Å². The van der Waals surface area contributed by atoms with Crippen molar-refractivity contribution in [1.82, 2.24) is 9.97 Å². The normalized spacial score (nSPS) is 11.1. The summed E-state index contributed by atoms with van der Waals surface area (Å²) in [5.74, 6) is 0. The first-order chi connectivity index (χ1) is 6.45. The number of H-pyrrole nitrogens is 1. The van der Waals surface area contributed by atoms with E-state index in [-0.39, 0.29) is 0 Å². The van der Waals surface area contributed by atoms with Gasteiger partial charge < -0.3 is 4.98 Å². The van der Waals surface area contributed by atoms with E-state index in [2.05, 4.69) is 28.2 Å². The maximum atomic E-state index is 4.12. The van der Waals surface area contributed by atoms with Crippen molar-refractivity contribution in [3.05, 3.63) is 42.9 Å². The van der Waals surface area contributed by atoms with Crippen molar-refractivity contribution in [1.29, 1.82) is 0 Å². The predicted molar refractivity (Wildman–Crippen MR) is 53.6 cm³/mol. The molecule has 2 nitrogen and oxygen atoms in total. The van der Waals surface area contributed by atoms with Crippen molar-refractivity contribution in [2.45, 2.75) is 0 Å². The van der Waals surface area contributed by atoms with Gasteiger partial charge in [0.2, 0.25) is 0 Å². The molecule has 1 N–H and O–H groups in total. The van der Waals surface area contributed by atoms with E-state index in [1.165, 1.54) is 21.7 Å². The number of benzene rings is 1. The Balaban J connectivity index is 2.65. The number of nitrogens with one attached hydrogen (secondary N) is 1. The molecule has 0 saturated heterocycles. The minimum Gasteiger partial charge on any atom is -0.361 e. The molecule has 2 aromatic heterocycles. The number of aromatic nitrogens is 2. The predicted octanol–water partition coefficient (Wildman–Crippen LogP) is 2.72. The van der Waals surface area contributed by atoms with Gasteiger partial charge in [0.05, 0.1) is 5.52 Å². The van der Waals surface area contributed by atoms with Gasteiger partial charge in [0.1, 0.15) is 0 Å². The number of hydrogen-bond acceptors (Lipinski definition) is 1. The second-order valence-electron chi connectivity index (χ2n) is 3.10. The highest BCUT2D eigenvalue weighted by Crippen LogP contribution is 2.22. The summed E-state index contributed by atoms with van der Waals surface area (Å²) in [4.78, 5) is 7.35. The molecule has 0 atom stereocenters. The van der Waals surface area contributed by atoms with Crippen LogP contribution in [0.4, 0.5) is 0 Å². The van der Waals surface area contributed by atoms with E-state index in [9.17, 15) is 0 Å². The van der Waals surface area contributed by atoms with Gasteiger partial charge >= 0.3 is 0 Å². The molecule has 1 aromatic carbocycles. The quantitative estimate of drug-likeness (QED) is 0.549. The summed E-state index contributed by atoms with van der Waals surface area (Å²) in [6, 6.07) is 8.33. The highest BCUT2D eigenvalue weighted by Gasteiger charge is 1.99. The average Bonchev–Trinajstić information content (AvgIpc) is 2.65. The molecular weight excluding hydrogens is 160 g/mol. The highest BCUT2D eigenvalue weighted by molar-refractivity contribution is 6.04. The van der Waals surface area contributed by atoms with Crippen molar-refractivity contribution in [3.8, 4) is 0 Å². The summed E-state index contributed by atoms with van der Waals surface area (Å²) in [5.41, 5.74) is 1.17. The van der Waals surface area contributed by atoms with Crippen LogP contribution in [0.3, 0.4) is 0 Å². The molecule has 0 bridgehead atoms. The van der Waals surface area contributed by atoms with Crippen LogP contribution >= 0.6 is 0 Å². The SMILES string of the molecule is c1cc2ccc3cc[nH]c3c2cn1. The van der Waals surface area contributed by atoms with E-state index in [4.69, 9.17) is 0 Å². The first-order valence-electron chi connectivity index (χ1n) is 4.25.